The molecule has 0 spiro atoms. The third-order valence-electron chi connectivity index (χ3n) is 3.90. The van der Waals surface area contributed by atoms with Crippen molar-refractivity contribution in [1.82, 2.24) is 4.57 Å². The zero-order chi connectivity index (χ0) is 18.7. The van der Waals surface area contributed by atoms with Crippen molar-refractivity contribution in [1.29, 1.82) is 5.26 Å². The molecule has 7 heteroatoms. The number of rotatable bonds is 5. The topological polar surface area (TPSA) is 89.4 Å². The zero-order valence-corrected chi connectivity index (χ0v) is 14.6. The smallest absolute Gasteiger partial charge is 0.260 e. The maximum absolute atomic E-state index is 12.8. The van der Waals surface area contributed by atoms with E-state index in [-0.39, 0.29) is 11.1 Å². The molecule has 0 bridgehead atoms. The highest BCUT2D eigenvalue weighted by molar-refractivity contribution is 6.08. The molecule has 26 heavy (non-hydrogen) atoms. The summed E-state index contributed by atoms with van der Waals surface area (Å²) in [5, 5.41) is 12.3. The second kappa shape index (κ2) is 7.07. The first-order valence-electron chi connectivity index (χ1n) is 7.79. The molecule has 3 rings (SSSR count). The number of methoxy groups -OCH3 is 2. The monoisotopic (exact) mass is 351 g/mol. The van der Waals surface area contributed by atoms with Gasteiger partial charge in [-0.1, -0.05) is 0 Å². The van der Waals surface area contributed by atoms with Crippen molar-refractivity contribution >= 4 is 11.6 Å². The number of carbonyl (C=O) groups excluding carboxylic acids is 1. The van der Waals surface area contributed by atoms with E-state index < -0.39 is 5.91 Å². The number of nitriles is 1. The summed E-state index contributed by atoms with van der Waals surface area (Å²) >= 11 is 0. The largest absolute Gasteiger partial charge is 0.497 e. The Morgan fingerprint density at radius 1 is 1.23 bits per heavy atom. The summed E-state index contributed by atoms with van der Waals surface area (Å²) in [5.74, 6) is 1.26. The van der Waals surface area contributed by atoms with Gasteiger partial charge in [-0.25, -0.2) is 0 Å². The van der Waals surface area contributed by atoms with Crippen molar-refractivity contribution in [3.63, 3.8) is 0 Å². The lowest BCUT2D eigenvalue weighted by molar-refractivity contribution is 0.102. The van der Waals surface area contributed by atoms with Crippen LogP contribution in [0.25, 0.3) is 5.88 Å². The number of aromatic nitrogens is 1. The fourth-order valence-corrected chi connectivity index (χ4v) is 2.65. The quantitative estimate of drug-likeness (QED) is 0.760. The number of nitrogens with zero attached hydrogens (tertiary/aromatic N) is 2. The van der Waals surface area contributed by atoms with Crippen molar-refractivity contribution in [2.24, 2.45) is 0 Å². The molecule has 2 aromatic heterocycles. The van der Waals surface area contributed by atoms with Crippen molar-refractivity contribution in [2.45, 2.75) is 6.92 Å². The summed E-state index contributed by atoms with van der Waals surface area (Å²) in [7, 11) is 3.04. The standard InChI is InChI=1S/C19H17N3O4/c1-12-17(14(11-20)19(26-12)22-8-4-5-9-22)18(23)21-15-7-6-13(24-2)10-16(15)25-3/h4-10H,1-3H3,(H,21,23). The van der Waals surface area contributed by atoms with Crippen LogP contribution in [0.2, 0.25) is 0 Å². The number of benzene rings is 1. The third kappa shape index (κ3) is 3.00. The fourth-order valence-electron chi connectivity index (χ4n) is 2.65. The van der Waals surface area contributed by atoms with Crippen LogP contribution >= 0.6 is 0 Å². The molecule has 0 radical (unpaired) electrons. The lowest BCUT2D eigenvalue weighted by Gasteiger charge is -2.11. The van der Waals surface area contributed by atoms with Crippen LogP contribution in [-0.4, -0.2) is 24.7 Å². The molecule has 1 amide bonds. The van der Waals surface area contributed by atoms with Gasteiger partial charge in [-0.3, -0.25) is 9.36 Å². The van der Waals surface area contributed by atoms with E-state index in [1.165, 1.54) is 7.11 Å². The molecule has 0 saturated heterocycles. The maximum atomic E-state index is 12.8. The average Bonchev–Trinajstić information content (AvgIpc) is 3.29. The number of nitrogens with one attached hydrogen (secondary N) is 1. The summed E-state index contributed by atoms with van der Waals surface area (Å²) in [6.07, 6.45) is 3.49. The predicted molar refractivity (Wildman–Crippen MR) is 95.0 cm³/mol. The second-order valence-corrected chi connectivity index (χ2v) is 5.44. The first-order chi connectivity index (χ1) is 12.6. The summed E-state index contributed by atoms with van der Waals surface area (Å²) in [6, 6.07) is 10.7. The van der Waals surface area contributed by atoms with Gasteiger partial charge in [0, 0.05) is 18.5 Å². The molecule has 1 aromatic carbocycles. The predicted octanol–water partition coefficient (Wildman–Crippen LogP) is 3.52. The Hall–Kier alpha value is -3.66. The van der Waals surface area contributed by atoms with Crippen LogP contribution in [0.15, 0.2) is 47.1 Å². The summed E-state index contributed by atoms with van der Waals surface area (Å²) in [6.45, 7) is 1.65. The van der Waals surface area contributed by atoms with Gasteiger partial charge < -0.3 is 19.2 Å². The minimum atomic E-state index is -0.454. The van der Waals surface area contributed by atoms with Gasteiger partial charge in [-0.2, -0.15) is 5.26 Å². The normalized spacial score (nSPS) is 10.2. The van der Waals surface area contributed by atoms with Gasteiger partial charge >= 0.3 is 0 Å². The SMILES string of the molecule is COc1ccc(NC(=O)c2c(C)oc(-n3cccc3)c2C#N)c(OC)c1. The van der Waals surface area contributed by atoms with Crippen LogP contribution in [-0.2, 0) is 0 Å². The number of furan rings is 1. The molecule has 2 heterocycles. The van der Waals surface area contributed by atoms with Gasteiger partial charge in [0.2, 0.25) is 5.88 Å². The molecule has 0 saturated carbocycles. The van der Waals surface area contributed by atoms with E-state index in [9.17, 15) is 10.1 Å². The van der Waals surface area contributed by atoms with E-state index in [1.807, 2.05) is 0 Å². The Morgan fingerprint density at radius 2 is 1.96 bits per heavy atom. The van der Waals surface area contributed by atoms with Gasteiger partial charge in [0.15, 0.2) is 0 Å². The third-order valence-corrected chi connectivity index (χ3v) is 3.90. The van der Waals surface area contributed by atoms with Gasteiger partial charge in [0.05, 0.1) is 19.9 Å². The molecule has 1 N–H and O–H groups in total. The van der Waals surface area contributed by atoms with Crippen molar-refractivity contribution in [3.8, 4) is 23.5 Å². The highest BCUT2D eigenvalue weighted by Gasteiger charge is 2.25. The van der Waals surface area contributed by atoms with Gasteiger partial charge in [0.25, 0.3) is 5.91 Å². The number of aryl methyl sites for hydroxylation is 1. The maximum Gasteiger partial charge on any atom is 0.260 e. The summed E-state index contributed by atoms with van der Waals surface area (Å²) < 4.78 is 17.7. The number of carbonyl (C=O) groups is 1. The minimum absolute atomic E-state index is 0.170. The molecular formula is C19H17N3O4. The van der Waals surface area contributed by atoms with E-state index >= 15 is 0 Å². The molecule has 0 aliphatic heterocycles. The number of hydrogen-bond donors (Lipinski definition) is 1. The number of ether oxygens (including phenoxy) is 2. The molecule has 132 valence electrons. The van der Waals surface area contributed by atoms with E-state index in [1.54, 1.807) is 61.3 Å². The molecule has 0 aliphatic rings. The van der Waals surface area contributed by atoms with Crippen LogP contribution in [0, 0.1) is 18.3 Å². The summed E-state index contributed by atoms with van der Waals surface area (Å²) in [5.41, 5.74) is 0.822. The fraction of sp³-hybridized carbons (Fsp3) is 0.158. The van der Waals surface area contributed by atoms with Crippen LogP contribution in [0.1, 0.15) is 21.7 Å². The highest BCUT2D eigenvalue weighted by atomic mass is 16.5. The van der Waals surface area contributed by atoms with Crippen molar-refractivity contribution < 1.29 is 18.7 Å². The molecule has 0 fully saturated rings. The second-order valence-electron chi connectivity index (χ2n) is 5.44. The Bertz CT molecular complexity index is 981. The lowest BCUT2D eigenvalue weighted by atomic mass is 10.1. The number of amides is 1. The van der Waals surface area contributed by atoms with E-state index in [0.717, 1.165) is 0 Å². The van der Waals surface area contributed by atoms with Crippen LogP contribution in [0.3, 0.4) is 0 Å². The van der Waals surface area contributed by atoms with Gasteiger partial charge in [0.1, 0.15) is 34.5 Å². The van der Waals surface area contributed by atoms with Gasteiger partial charge in [-0.15, -0.1) is 0 Å². The Morgan fingerprint density at radius 3 is 2.58 bits per heavy atom. The molecule has 0 atom stereocenters. The highest BCUT2D eigenvalue weighted by Crippen LogP contribution is 2.31. The van der Waals surface area contributed by atoms with E-state index in [4.69, 9.17) is 13.9 Å². The number of anilines is 1. The van der Waals surface area contributed by atoms with Crippen LogP contribution in [0.4, 0.5) is 5.69 Å². The Kier molecular flexibility index (Phi) is 4.67. The molecule has 0 unspecified atom stereocenters. The van der Waals surface area contributed by atoms with Crippen molar-refractivity contribution in [2.75, 3.05) is 19.5 Å². The first kappa shape index (κ1) is 17.2. The van der Waals surface area contributed by atoms with Crippen LogP contribution < -0.4 is 14.8 Å². The van der Waals surface area contributed by atoms with E-state index in [0.29, 0.717) is 28.8 Å². The zero-order valence-electron chi connectivity index (χ0n) is 14.6. The van der Waals surface area contributed by atoms with Crippen molar-refractivity contribution in [3.05, 3.63) is 59.6 Å². The molecule has 7 nitrogen and oxygen atoms in total. The van der Waals surface area contributed by atoms with Crippen LogP contribution in [0.5, 0.6) is 11.5 Å². The average molecular weight is 351 g/mol. The minimum Gasteiger partial charge on any atom is -0.497 e. The lowest BCUT2D eigenvalue weighted by Crippen LogP contribution is -2.14. The number of hydrogen-bond acceptors (Lipinski definition) is 5. The first-order valence-corrected chi connectivity index (χ1v) is 7.79. The summed E-state index contributed by atoms with van der Waals surface area (Å²) in [4.78, 5) is 12.8. The molecule has 0 aliphatic carbocycles. The molecular weight excluding hydrogens is 334 g/mol. The Balaban J connectivity index is 1.98. The van der Waals surface area contributed by atoms with E-state index in [2.05, 4.69) is 11.4 Å². The Labute approximate surface area is 150 Å². The van der Waals surface area contributed by atoms with Gasteiger partial charge in [-0.05, 0) is 31.2 Å². The molecule has 3 aromatic rings.